The highest BCUT2D eigenvalue weighted by Crippen LogP contribution is 2.07. The van der Waals surface area contributed by atoms with Gasteiger partial charge in [-0.1, -0.05) is 24.3 Å². The van der Waals surface area contributed by atoms with Crippen molar-refractivity contribution < 1.29 is 14.0 Å². The topological polar surface area (TPSA) is 93.1 Å². The zero-order chi connectivity index (χ0) is 18.5. The molecule has 3 rings (SSSR count). The minimum Gasteiger partial charge on any atom is -0.296 e. The van der Waals surface area contributed by atoms with Crippen LogP contribution < -0.4 is 16.4 Å². The second-order valence-electron chi connectivity index (χ2n) is 5.57. The second kappa shape index (κ2) is 7.56. The molecule has 3 aromatic rings. The van der Waals surface area contributed by atoms with Crippen molar-refractivity contribution in [2.45, 2.75) is 13.0 Å². The van der Waals surface area contributed by atoms with E-state index in [1.165, 1.54) is 28.8 Å². The summed E-state index contributed by atoms with van der Waals surface area (Å²) in [4.78, 5) is 39.9. The SMILES string of the molecule is O=C(Cc1ccc(F)cc1)NNC(=O)Cn1c(=O)cnc2ccccc21. The first kappa shape index (κ1) is 17.3. The van der Waals surface area contributed by atoms with Crippen molar-refractivity contribution in [2.24, 2.45) is 0 Å². The Bertz CT molecular complexity index is 1010. The number of para-hydroxylation sites is 2. The average molecular weight is 354 g/mol. The van der Waals surface area contributed by atoms with Gasteiger partial charge in [0, 0.05) is 0 Å². The van der Waals surface area contributed by atoms with Gasteiger partial charge in [0.2, 0.25) is 5.91 Å². The first-order valence-corrected chi connectivity index (χ1v) is 7.79. The molecule has 7 nitrogen and oxygen atoms in total. The van der Waals surface area contributed by atoms with E-state index in [1.54, 1.807) is 24.3 Å². The van der Waals surface area contributed by atoms with Crippen molar-refractivity contribution in [2.75, 3.05) is 0 Å². The van der Waals surface area contributed by atoms with E-state index in [4.69, 9.17) is 0 Å². The molecule has 0 saturated heterocycles. The summed E-state index contributed by atoms with van der Waals surface area (Å²) in [5, 5.41) is 0. The first-order valence-electron chi connectivity index (χ1n) is 7.79. The van der Waals surface area contributed by atoms with Gasteiger partial charge in [-0.25, -0.2) is 9.37 Å². The molecule has 0 aliphatic carbocycles. The molecular weight excluding hydrogens is 339 g/mol. The molecule has 0 unspecified atom stereocenters. The molecule has 0 fully saturated rings. The van der Waals surface area contributed by atoms with Crippen LogP contribution in [0.5, 0.6) is 0 Å². The van der Waals surface area contributed by atoms with Crippen molar-refractivity contribution >= 4 is 22.8 Å². The standard InChI is InChI=1S/C18H15FN4O3/c19-13-7-5-12(6-8-13)9-16(24)21-22-17(25)11-23-15-4-2-1-3-14(15)20-10-18(23)26/h1-8,10H,9,11H2,(H,21,24)(H,22,25). The summed E-state index contributed by atoms with van der Waals surface area (Å²) in [5.41, 5.74) is 5.82. The number of aromatic nitrogens is 2. The number of rotatable bonds is 4. The lowest BCUT2D eigenvalue weighted by atomic mass is 10.1. The van der Waals surface area contributed by atoms with E-state index >= 15 is 0 Å². The minimum atomic E-state index is -0.559. The molecule has 132 valence electrons. The number of nitrogens with one attached hydrogen (secondary N) is 2. The Hall–Kier alpha value is -3.55. The van der Waals surface area contributed by atoms with Gasteiger partial charge in [0.15, 0.2) is 0 Å². The van der Waals surface area contributed by atoms with Crippen LogP contribution in [-0.4, -0.2) is 21.4 Å². The Morgan fingerprint density at radius 1 is 1.00 bits per heavy atom. The van der Waals surface area contributed by atoms with Gasteiger partial charge in [0.25, 0.3) is 11.5 Å². The van der Waals surface area contributed by atoms with E-state index in [-0.39, 0.29) is 13.0 Å². The van der Waals surface area contributed by atoms with Crippen molar-refractivity contribution in [1.29, 1.82) is 0 Å². The number of hydrogen-bond donors (Lipinski definition) is 2. The fourth-order valence-electron chi connectivity index (χ4n) is 2.43. The largest absolute Gasteiger partial charge is 0.296 e. The summed E-state index contributed by atoms with van der Waals surface area (Å²) >= 11 is 0. The summed E-state index contributed by atoms with van der Waals surface area (Å²) in [6, 6.07) is 12.4. The quantitative estimate of drug-likeness (QED) is 0.682. The van der Waals surface area contributed by atoms with Crippen LogP contribution in [0, 0.1) is 5.82 Å². The fourth-order valence-corrected chi connectivity index (χ4v) is 2.43. The van der Waals surface area contributed by atoms with Crippen LogP contribution in [0.25, 0.3) is 11.0 Å². The maximum Gasteiger partial charge on any atom is 0.269 e. The molecule has 1 heterocycles. The number of carbonyl (C=O) groups is 2. The predicted octanol–water partition coefficient (Wildman–Crippen LogP) is 0.926. The Balaban J connectivity index is 1.61. The van der Waals surface area contributed by atoms with E-state index in [9.17, 15) is 18.8 Å². The van der Waals surface area contributed by atoms with Gasteiger partial charge in [-0.3, -0.25) is 29.8 Å². The summed E-state index contributed by atoms with van der Waals surface area (Å²) in [7, 11) is 0. The molecule has 0 atom stereocenters. The lowest BCUT2D eigenvalue weighted by molar-refractivity contribution is -0.128. The van der Waals surface area contributed by atoms with Gasteiger partial charge in [0.1, 0.15) is 12.4 Å². The molecule has 26 heavy (non-hydrogen) atoms. The van der Waals surface area contributed by atoms with Crippen LogP contribution in [0.3, 0.4) is 0 Å². The van der Waals surface area contributed by atoms with Crippen LogP contribution in [0.4, 0.5) is 4.39 Å². The maximum absolute atomic E-state index is 12.8. The summed E-state index contributed by atoms with van der Waals surface area (Å²) < 4.78 is 14.1. The summed E-state index contributed by atoms with van der Waals surface area (Å²) in [6.07, 6.45) is 1.13. The Kier molecular flexibility index (Phi) is 5.02. The normalized spacial score (nSPS) is 10.5. The number of hydrogen-bond acceptors (Lipinski definition) is 4. The summed E-state index contributed by atoms with van der Waals surface area (Å²) in [5.74, 6) is -1.41. The smallest absolute Gasteiger partial charge is 0.269 e. The number of amides is 2. The minimum absolute atomic E-state index is 0.0152. The van der Waals surface area contributed by atoms with Crippen LogP contribution in [-0.2, 0) is 22.6 Å². The highest BCUT2D eigenvalue weighted by atomic mass is 19.1. The van der Waals surface area contributed by atoms with Crippen molar-refractivity contribution in [3.63, 3.8) is 0 Å². The molecule has 8 heteroatoms. The van der Waals surface area contributed by atoms with Gasteiger partial charge in [-0.2, -0.15) is 0 Å². The molecule has 0 radical (unpaired) electrons. The molecule has 1 aromatic heterocycles. The highest BCUT2D eigenvalue weighted by Gasteiger charge is 2.10. The predicted molar refractivity (Wildman–Crippen MR) is 92.4 cm³/mol. The summed E-state index contributed by atoms with van der Waals surface area (Å²) in [6.45, 7) is -0.265. The number of hydrazine groups is 1. The average Bonchev–Trinajstić information content (AvgIpc) is 2.64. The fraction of sp³-hybridized carbons (Fsp3) is 0.111. The number of halogens is 1. The Labute approximate surface area is 147 Å². The van der Waals surface area contributed by atoms with Gasteiger partial charge < -0.3 is 0 Å². The molecule has 0 spiro atoms. The Morgan fingerprint density at radius 3 is 2.46 bits per heavy atom. The van der Waals surface area contributed by atoms with Gasteiger partial charge in [-0.05, 0) is 29.8 Å². The van der Waals surface area contributed by atoms with E-state index in [1.807, 2.05) is 0 Å². The lowest BCUT2D eigenvalue weighted by Gasteiger charge is -2.11. The third-order valence-corrected chi connectivity index (χ3v) is 3.67. The third kappa shape index (κ3) is 4.10. The molecule has 0 aliphatic heterocycles. The Morgan fingerprint density at radius 2 is 1.69 bits per heavy atom. The number of nitrogens with zero attached hydrogens (tertiary/aromatic N) is 2. The first-order chi connectivity index (χ1) is 12.5. The molecular formula is C18H15FN4O3. The number of fused-ring (bicyclic) bond motifs is 1. The zero-order valence-corrected chi connectivity index (χ0v) is 13.6. The monoisotopic (exact) mass is 354 g/mol. The molecule has 2 amide bonds. The van der Waals surface area contributed by atoms with E-state index in [0.29, 0.717) is 16.6 Å². The molecule has 0 aliphatic rings. The van der Waals surface area contributed by atoms with Crippen LogP contribution in [0.15, 0.2) is 59.5 Å². The van der Waals surface area contributed by atoms with Crippen molar-refractivity contribution in [3.8, 4) is 0 Å². The van der Waals surface area contributed by atoms with E-state index in [2.05, 4.69) is 15.8 Å². The highest BCUT2D eigenvalue weighted by molar-refractivity contribution is 5.84. The maximum atomic E-state index is 12.8. The van der Waals surface area contributed by atoms with Gasteiger partial charge in [0.05, 0.1) is 23.7 Å². The van der Waals surface area contributed by atoms with E-state index < -0.39 is 23.2 Å². The lowest BCUT2D eigenvalue weighted by Crippen LogP contribution is -2.44. The molecule has 0 saturated carbocycles. The second-order valence-corrected chi connectivity index (χ2v) is 5.57. The van der Waals surface area contributed by atoms with Gasteiger partial charge in [-0.15, -0.1) is 0 Å². The number of benzene rings is 2. The zero-order valence-electron chi connectivity index (χ0n) is 13.6. The molecule has 2 aromatic carbocycles. The van der Waals surface area contributed by atoms with Crippen LogP contribution in [0.1, 0.15) is 5.56 Å². The third-order valence-electron chi connectivity index (χ3n) is 3.67. The van der Waals surface area contributed by atoms with Crippen LogP contribution in [0.2, 0.25) is 0 Å². The van der Waals surface area contributed by atoms with E-state index in [0.717, 1.165) is 6.20 Å². The molecule has 0 bridgehead atoms. The number of carbonyl (C=O) groups excluding carboxylic acids is 2. The molecule has 2 N–H and O–H groups in total. The van der Waals surface area contributed by atoms with Crippen LogP contribution >= 0.6 is 0 Å². The van der Waals surface area contributed by atoms with Crippen molar-refractivity contribution in [3.05, 3.63) is 76.5 Å². The van der Waals surface area contributed by atoms with Gasteiger partial charge >= 0.3 is 0 Å². The van der Waals surface area contributed by atoms with Crippen molar-refractivity contribution in [1.82, 2.24) is 20.4 Å².